The largest absolute Gasteiger partial charge is 0.325 e. The fraction of sp³-hybridized carbons (Fsp3) is 0.250. The van der Waals surface area contributed by atoms with Crippen molar-refractivity contribution in [3.8, 4) is 0 Å². The van der Waals surface area contributed by atoms with Gasteiger partial charge in [-0.1, -0.05) is 98.0 Å². The van der Waals surface area contributed by atoms with Crippen LogP contribution in [0.4, 0.5) is 0 Å². The van der Waals surface area contributed by atoms with Gasteiger partial charge in [0, 0.05) is 12.0 Å². The molecule has 2 aromatic carbocycles. The highest BCUT2D eigenvalue weighted by atomic mass is 15.3. The van der Waals surface area contributed by atoms with Crippen molar-refractivity contribution in [2.24, 2.45) is 0 Å². The van der Waals surface area contributed by atoms with Gasteiger partial charge in [-0.05, 0) is 11.1 Å². The smallest absolute Gasteiger partial charge is 0.114 e. The molecule has 0 radical (unpaired) electrons. The van der Waals surface area contributed by atoms with E-state index >= 15 is 0 Å². The van der Waals surface area contributed by atoms with Gasteiger partial charge in [0.2, 0.25) is 0 Å². The lowest BCUT2D eigenvalue weighted by atomic mass is 10.0. The van der Waals surface area contributed by atoms with E-state index in [0.29, 0.717) is 6.04 Å². The molecule has 0 saturated carbocycles. The van der Waals surface area contributed by atoms with Crippen LogP contribution in [0.2, 0.25) is 0 Å². The molecular weight excluding hydrogens is 302 g/mol. The SMILES string of the molecule is CCC(c1ccc(C=CC=CC=Cc2ccccc2)cc1)[N+](C)(C)C. The number of hydrogen-bond acceptors (Lipinski definition) is 0. The topological polar surface area (TPSA) is 0 Å². The lowest BCUT2D eigenvalue weighted by Crippen LogP contribution is -2.38. The number of nitrogens with zero attached hydrogens (tertiary/aromatic N) is 1. The molecule has 1 heteroatoms. The van der Waals surface area contributed by atoms with Crippen LogP contribution >= 0.6 is 0 Å². The summed E-state index contributed by atoms with van der Waals surface area (Å²) >= 11 is 0. The first kappa shape index (κ1) is 19.0. The number of hydrogen-bond donors (Lipinski definition) is 0. The molecule has 0 bridgehead atoms. The summed E-state index contributed by atoms with van der Waals surface area (Å²) in [6.07, 6.45) is 13.7. The summed E-state index contributed by atoms with van der Waals surface area (Å²) in [6, 6.07) is 19.8. The Hall–Kier alpha value is -2.38. The molecule has 1 unspecified atom stereocenters. The second kappa shape index (κ2) is 9.19. The van der Waals surface area contributed by atoms with Crippen LogP contribution in [0.5, 0.6) is 0 Å². The molecule has 2 rings (SSSR count). The van der Waals surface area contributed by atoms with Gasteiger partial charge in [0.05, 0.1) is 21.1 Å². The predicted octanol–water partition coefficient (Wildman–Crippen LogP) is 6.13. The van der Waals surface area contributed by atoms with E-state index in [0.717, 1.165) is 10.9 Å². The molecule has 0 heterocycles. The predicted molar refractivity (Wildman–Crippen MR) is 111 cm³/mol. The first-order valence-corrected chi connectivity index (χ1v) is 8.98. The van der Waals surface area contributed by atoms with E-state index in [1.54, 1.807) is 0 Å². The standard InChI is InChI=1S/C24H30N/c1-5-24(25(2,3)4)23-19-17-22(18-20-23)16-10-7-6-9-13-21-14-11-8-12-15-21/h6-20,24H,5H2,1-4H3/q+1. The molecule has 0 fully saturated rings. The van der Waals surface area contributed by atoms with Crippen LogP contribution in [0, 0.1) is 0 Å². The first-order valence-electron chi connectivity index (χ1n) is 8.98. The summed E-state index contributed by atoms with van der Waals surface area (Å²) in [4.78, 5) is 0. The van der Waals surface area contributed by atoms with Gasteiger partial charge in [0.15, 0.2) is 0 Å². The van der Waals surface area contributed by atoms with Gasteiger partial charge in [-0.25, -0.2) is 0 Å². The molecule has 2 aromatic rings. The summed E-state index contributed by atoms with van der Waals surface area (Å²) in [5, 5.41) is 0. The Morgan fingerprint density at radius 2 is 1.24 bits per heavy atom. The summed E-state index contributed by atoms with van der Waals surface area (Å²) in [5.74, 6) is 0. The van der Waals surface area contributed by atoms with E-state index in [9.17, 15) is 0 Å². The maximum atomic E-state index is 2.26. The fourth-order valence-corrected chi connectivity index (χ4v) is 3.09. The summed E-state index contributed by atoms with van der Waals surface area (Å²) in [5.41, 5.74) is 3.86. The molecule has 0 spiro atoms. The Balaban J connectivity index is 1.93. The molecule has 0 aromatic heterocycles. The minimum Gasteiger partial charge on any atom is -0.325 e. The van der Waals surface area contributed by atoms with Gasteiger partial charge in [-0.15, -0.1) is 0 Å². The average Bonchev–Trinajstić information content (AvgIpc) is 2.59. The summed E-state index contributed by atoms with van der Waals surface area (Å²) in [6.45, 7) is 2.26. The van der Waals surface area contributed by atoms with Crippen molar-refractivity contribution < 1.29 is 4.48 Å². The van der Waals surface area contributed by atoms with E-state index in [4.69, 9.17) is 0 Å². The van der Waals surface area contributed by atoms with Gasteiger partial charge < -0.3 is 4.48 Å². The molecule has 25 heavy (non-hydrogen) atoms. The van der Waals surface area contributed by atoms with Crippen molar-refractivity contribution in [3.63, 3.8) is 0 Å². The quantitative estimate of drug-likeness (QED) is 0.423. The highest BCUT2D eigenvalue weighted by molar-refractivity contribution is 5.53. The molecular formula is C24H30N+. The Labute approximate surface area is 153 Å². The van der Waals surface area contributed by atoms with Crippen LogP contribution in [0.15, 0.2) is 78.9 Å². The molecule has 0 aliphatic carbocycles. The van der Waals surface area contributed by atoms with Gasteiger partial charge in [0.1, 0.15) is 6.04 Å². The highest BCUT2D eigenvalue weighted by Crippen LogP contribution is 2.26. The van der Waals surface area contributed by atoms with Crippen molar-refractivity contribution in [1.82, 2.24) is 0 Å². The van der Waals surface area contributed by atoms with Gasteiger partial charge >= 0.3 is 0 Å². The molecule has 1 nitrogen and oxygen atoms in total. The van der Waals surface area contributed by atoms with Crippen LogP contribution in [-0.2, 0) is 0 Å². The van der Waals surface area contributed by atoms with Gasteiger partial charge in [-0.2, -0.15) is 0 Å². The molecule has 130 valence electrons. The molecule has 0 N–H and O–H groups in total. The van der Waals surface area contributed by atoms with Crippen LogP contribution in [-0.4, -0.2) is 25.6 Å². The minimum atomic E-state index is 0.543. The first-order chi connectivity index (χ1) is 12.0. The van der Waals surface area contributed by atoms with E-state index in [2.05, 4.69) is 113 Å². The van der Waals surface area contributed by atoms with Gasteiger partial charge in [-0.3, -0.25) is 0 Å². The monoisotopic (exact) mass is 332 g/mol. The van der Waals surface area contributed by atoms with Crippen LogP contribution < -0.4 is 0 Å². The molecule has 1 atom stereocenters. The van der Waals surface area contributed by atoms with Crippen molar-refractivity contribution in [2.75, 3.05) is 21.1 Å². The molecule has 0 amide bonds. The van der Waals surface area contributed by atoms with Crippen molar-refractivity contribution in [3.05, 3.63) is 95.6 Å². The van der Waals surface area contributed by atoms with E-state index in [-0.39, 0.29) is 0 Å². The number of rotatable bonds is 7. The van der Waals surface area contributed by atoms with Crippen LogP contribution in [0.3, 0.4) is 0 Å². The summed E-state index contributed by atoms with van der Waals surface area (Å²) in [7, 11) is 6.78. The third-order valence-electron chi connectivity index (χ3n) is 4.35. The Bertz CT molecular complexity index is 713. The van der Waals surface area contributed by atoms with Crippen molar-refractivity contribution in [1.29, 1.82) is 0 Å². The summed E-state index contributed by atoms with van der Waals surface area (Å²) < 4.78 is 0.960. The average molecular weight is 333 g/mol. The number of benzene rings is 2. The second-order valence-corrected chi connectivity index (χ2v) is 7.22. The third kappa shape index (κ3) is 6.21. The lowest BCUT2D eigenvalue weighted by molar-refractivity contribution is -0.902. The van der Waals surface area contributed by atoms with Crippen molar-refractivity contribution in [2.45, 2.75) is 19.4 Å². The Kier molecular flexibility index (Phi) is 6.97. The second-order valence-electron chi connectivity index (χ2n) is 7.22. The van der Waals surface area contributed by atoms with Crippen molar-refractivity contribution >= 4 is 12.2 Å². The Morgan fingerprint density at radius 3 is 1.72 bits per heavy atom. The molecule has 0 saturated heterocycles. The van der Waals surface area contributed by atoms with Gasteiger partial charge in [0.25, 0.3) is 0 Å². The normalized spacial score (nSPS) is 13.9. The molecule has 0 aliphatic rings. The maximum absolute atomic E-state index is 2.26. The minimum absolute atomic E-state index is 0.543. The third-order valence-corrected chi connectivity index (χ3v) is 4.35. The fourth-order valence-electron chi connectivity index (χ4n) is 3.09. The van der Waals surface area contributed by atoms with E-state index < -0.39 is 0 Å². The zero-order chi connectivity index (χ0) is 18.1. The number of quaternary nitrogens is 1. The van der Waals surface area contributed by atoms with E-state index in [1.165, 1.54) is 16.7 Å². The molecule has 0 aliphatic heterocycles. The zero-order valence-corrected chi connectivity index (χ0v) is 15.9. The Morgan fingerprint density at radius 1 is 0.720 bits per heavy atom. The lowest BCUT2D eigenvalue weighted by Gasteiger charge is -2.34. The maximum Gasteiger partial charge on any atom is 0.114 e. The number of allylic oxidation sites excluding steroid dienone is 4. The van der Waals surface area contributed by atoms with Crippen LogP contribution in [0.25, 0.3) is 12.2 Å². The highest BCUT2D eigenvalue weighted by Gasteiger charge is 2.23. The van der Waals surface area contributed by atoms with E-state index in [1.807, 2.05) is 6.07 Å². The van der Waals surface area contributed by atoms with Crippen LogP contribution in [0.1, 0.15) is 36.1 Å². The zero-order valence-electron chi connectivity index (χ0n) is 15.9.